The molecule has 0 aliphatic rings. The van der Waals surface area contributed by atoms with Crippen LogP contribution in [0.5, 0.6) is 0 Å². The van der Waals surface area contributed by atoms with Crippen LogP contribution in [-0.2, 0) is 10.8 Å². The molecule has 2 heterocycles. The Morgan fingerprint density at radius 1 is 1.40 bits per heavy atom. The van der Waals surface area contributed by atoms with E-state index in [1.807, 2.05) is 23.7 Å². The highest BCUT2D eigenvalue weighted by atomic mass is 32.2. The van der Waals surface area contributed by atoms with E-state index in [-0.39, 0.29) is 12.1 Å². The molecule has 6 heteroatoms. The van der Waals surface area contributed by atoms with Crippen LogP contribution in [0.3, 0.4) is 0 Å². The zero-order valence-electron chi connectivity index (χ0n) is 12.7. The Balaban J connectivity index is 2.23. The molecule has 2 rings (SSSR count). The van der Waals surface area contributed by atoms with Crippen molar-refractivity contribution >= 4 is 16.4 Å². The summed E-state index contributed by atoms with van der Waals surface area (Å²) in [4.78, 5) is 4.45. The van der Waals surface area contributed by atoms with E-state index in [0.29, 0.717) is 5.75 Å². The highest BCUT2D eigenvalue weighted by Gasteiger charge is 2.15. The number of nitrogens with zero attached hydrogens (tertiary/aromatic N) is 3. The molecule has 20 heavy (non-hydrogen) atoms. The van der Waals surface area contributed by atoms with Crippen LogP contribution >= 0.6 is 0 Å². The normalized spacial score (nSPS) is 16.2. The molecule has 0 spiro atoms. The van der Waals surface area contributed by atoms with E-state index in [4.69, 9.17) is 0 Å². The van der Waals surface area contributed by atoms with Crippen molar-refractivity contribution in [3.05, 3.63) is 29.2 Å². The number of aryl methyl sites for hydroxylation is 2. The van der Waals surface area contributed by atoms with Crippen LogP contribution < -0.4 is 5.32 Å². The molecular weight excluding hydrogens is 272 g/mol. The molecule has 0 aromatic carbocycles. The van der Waals surface area contributed by atoms with E-state index in [9.17, 15) is 4.21 Å². The molecular formula is C14H22N4OS. The van der Waals surface area contributed by atoms with Crippen LogP contribution in [0.15, 0.2) is 12.3 Å². The predicted molar refractivity (Wildman–Crippen MR) is 82.4 cm³/mol. The lowest BCUT2D eigenvalue weighted by atomic mass is 10.1. The number of aromatic nitrogens is 3. The first-order valence-corrected chi connectivity index (χ1v) is 8.49. The lowest BCUT2D eigenvalue weighted by Gasteiger charge is -2.21. The van der Waals surface area contributed by atoms with Crippen molar-refractivity contribution in [2.24, 2.45) is 0 Å². The van der Waals surface area contributed by atoms with Gasteiger partial charge in [-0.25, -0.2) is 9.50 Å². The number of hydrogen-bond acceptors (Lipinski definition) is 4. The third-order valence-electron chi connectivity index (χ3n) is 3.37. The van der Waals surface area contributed by atoms with Gasteiger partial charge in [-0.3, -0.25) is 4.21 Å². The van der Waals surface area contributed by atoms with Gasteiger partial charge in [-0.1, -0.05) is 0 Å². The Hall–Kier alpha value is -1.27. The average molecular weight is 294 g/mol. The summed E-state index contributed by atoms with van der Waals surface area (Å²) in [6.45, 7) is 8.17. The molecule has 0 amide bonds. The van der Waals surface area contributed by atoms with Gasteiger partial charge in [0, 0.05) is 58.4 Å². The zero-order valence-corrected chi connectivity index (χ0v) is 13.5. The molecule has 0 aliphatic heterocycles. The summed E-state index contributed by atoms with van der Waals surface area (Å²) in [7, 11) is -0.788. The van der Waals surface area contributed by atoms with Crippen LogP contribution in [0, 0.1) is 13.8 Å². The van der Waals surface area contributed by atoms with E-state index in [2.05, 4.69) is 36.2 Å². The molecule has 0 radical (unpaired) electrons. The van der Waals surface area contributed by atoms with Crippen LogP contribution in [0.4, 0.5) is 0 Å². The average Bonchev–Trinajstić information content (AvgIpc) is 2.69. The van der Waals surface area contributed by atoms with Crippen LogP contribution in [-0.4, -0.2) is 36.9 Å². The first-order chi connectivity index (χ1) is 9.38. The Bertz CT molecular complexity index is 637. The number of fused-ring (bicyclic) bond motifs is 1. The van der Waals surface area contributed by atoms with Crippen molar-refractivity contribution in [2.75, 3.05) is 12.0 Å². The lowest BCUT2D eigenvalue weighted by Crippen LogP contribution is -2.33. The SMILES string of the molecule is Cc1cc2ncc(C(C)NC(C)CS(C)=O)c(C)n2n1. The topological polar surface area (TPSA) is 59.3 Å². The number of nitrogens with one attached hydrogen (secondary N) is 1. The fourth-order valence-electron chi connectivity index (χ4n) is 2.52. The highest BCUT2D eigenvalue weighted by Crippen LogP contribution is 2.18. The van der Waals surface area contributed by atoms with Crippen LogP contribution in [0.2, 0.25) is 0 Å². The van der Waals surface area contributed by atoms with E-state index in [0.717, 1.165) is 22.6 Å². The molecule has 110 valence electrons. The van der Waals surface area contributed by atoms with Crippen LogP contribution in [0.1, 0.15) is 36.8 Å². The van der Waals surface area contributed by atoms with Crippen molar-refractivity contribution in [2.45, 2.75) is 39.8 Å². The molecule has 1 N–H and O–H groups in total. The van der Waals surface area contributed by atoms with Gasteiger partial charge < -0.3 is 5.32 Å². The zero-order chi connectivity index (χ0) is 14.9. The third kappa shape index (κ3) is 3.24. The van der Waals surface area contributed by atoms with Gasteiger partial charge in [0.25, 0.3) is 0 Å². The van der Waals surface area contributed by atoms with Gasteiger partial charge >= 0.3 is 0 Å². The van der Waals surface area contributed by atoms with Crippen molar-refractivity contribution in [1.29, 1.82) is 0 Å². The first-order valence-electron chi connectivity index (χ1n) is 6.76. The van der Waals surface area contributed by atoms with Crippen molar-refractivity contribution in [1.82, 2.24) is 19.9 Å². The molecule has 2 aromatic heterocycles. The Labute approximate surface area is 122 Å². The van der Waals surface area contributed by atoms with Gasteiger partial charge in [0.1, 0.15) is 0 Å². The Morgan fingerprint density at radius 3 is 2.75 bits per heavy atom. The second kappa shape index (κ2) is 6.01. The molecule has 3 unspecified atom stereocenters. The molecule has 5 nitrogen and oxygen atoms in total. The van der Waals surface area contributed by atoms with Crippen molar-refractivity contribution in [3.63, 3.8) is 0 Å². The molecule has 0 saturated carbocycles. The van der Waals surface area contributed by atoms with Gasteiger partial charge in [0.15, 0.2) is 5.65 Å². The molecule has 0 aliphatic carbocycles. The van der Waals surface area contributed by atoms with E-state index in [1.165, 1.54) is 0 Å². The third-order valence-corrected chi connectivity index (χ3v) is 4.34. The van der Waals surface area contributed by atoms with E-state index < -0.39 is 10.8 Å². The van der Waals surface area contributed by atoms with Gasteiger partial charge in [-0.05, 0) is 27.7 Å². The fourth-order valence-corrected chi connectivity index (χ4v) is 3.32. The molecule has 3 atom stereocenters. The summed E-state index contributed by atoms with van der Waals surface area (Å²) in [5.74, 6) is 0.653. The number of hydrogen-bond donors (Lipinski definition) is 1. The van der Waals surface area contributed by atoms with Gasteiger partial charge in [-0.2, -0.15) is 5.10 Å². The maximum absolute atomic E-state index is 11.3. The van der Waals surface area contributed by atoms with E-state index in [1.54, 1.807) is 6.26 Å². The smallest absolute Gasteiger partial charge is 0.155 e. The Morgan fingerprint density at radius 2 is 2.10 bits per heavy atom. The summed E-state index contributed by atoms with van der Waals surface area (Å²) < 4.78 is 13.1. The van der Waals surface area contributed by atoms with Gasteiger partial charge in [0.05, 0.1) is 5.69 Å². The van der Waals surface area contributed by atoms with Gasteiger partial charge in [0.2, 0.25) is 0 Å². The minimum Gasteiger partial charge on any atom is -0.307 e. The monoisotopic (exact) mass is 294 g/mol. The fraction of sp³-hybridized carbons (Fsp3) is 0.571. The van der Waals surface area contributed by atoms with Crippen LogP contribution in [0.25, 0.3) is 5.65 Å². The molecule has 0 fully saturated rings. The molecule has 0 saturated heterocycles. The highest BCUT2D eigenvalue weighted by molar-refractivity contribution is 7.84. The molecule has 0 bridgehead atoms. The van der Waals surface area contributed by atoms with Crippen molar-refractivity contribution in [3.8, 4) is 0 Å². The maximum atomic E-state index is 11.3. The maximum Gasteiger partial charge on any atom is 0.155 e. The Kier molecular flexibility index (Phi) is 4.55. The van der Waals surface area contributed by atoms with E-state index >= 15 is 0 Å². The molecule has 2 aromatic rings. The largest absolute Gasteiger partial charge is 0.307 e. The second-order valence-electron chi connectivity index (χ2n) is 5.38. The first kappa shape index (κ1) is 15.1. The summed E-state index contributed by atoms with van der Waals surface area (Å²) in [6.07, 6.45) is 3.63. The number of rotatable bonds is 5. The minimum absolute atomic E-state index is 0.148. The summed E-state index contributed by atoms with van der Waals surface area (Å²) in [5.41, 5.74) is 4.05. The lowest BCUT2D eigenvalue weighted by molar-refractivity contribution is 0.502. The summed E-state index contributed by atoms with van der Waals surface area (Å²) in [6, 6.07) is 2.32. The standard InChI is InChI=1S/C14H22N4OS/c1-9-6-14-15-7-13(12(4)18(14)17-9)11(3)16-10(2)8-20(5)19/h6-7,10-11,16H,8H2,1-5H3. The van der Waals surface area contributed by atoms with Gasteiger partial charge in [-0.15, -0.1) is 0 Å². The van der Waals surface area contributed by atoms with Crippen molar-refractivity contribution < 1.29 is 4.21 Å². The summed E-state index contributed by atoms with van der Waals surface area (Å²) >= 11 is 0. The summed E-state index contributed by atoms with van der Waals surface area (Å²) in [5, 5.41) is 7.93. The second-order valence-corrected chi connectivity index (χ2v) is 6.86. The quantitative estimate of drug-likeness (QED) is 0.913. The predicted octanol–water partition coefficient (Wildman–Crippen LogP) is 1.76. The minimum atomic E-state index is -0.788.